The van der Waals surface area contributed by atoms with Crippen molar-refractivity contribution in [3.63, 3.8) is 0 Å². The van der Waals surface area contributed by atoms with Crippen LogP contribution in [0.1, 0.15) is 72.3 Å². The second-order valence-electron chi connectivity index (χ2n) is 18.8. The number of rotatable bonds is 11. The summed E-state index contributed by atoms with van der Waals surface area (Å²) in [5.41, 5.74) is 2.01. The number of nitrogens with zero attached hydrogens (tertiary/aromatic N) is 7. The van der Waals surface area contributed by atoms with Crippen molar-refractivity contribution < 1.29 is 28.7 Å². The van der Waals surface area contributed by atoms with Crippen molar-refractivity contribution in [2.45, 2.75) is 73.8 Å². The summed E-state index contributed by atoms with van der Waals surface area (Å²) in [7, 11) is 0. The predicted molar refractivity (Wildman–Crippen MR) is 279 cm³/mol. The molecule has 380 valence electrons. The summed E-state index contributed by atoms with van der Waals surface area (Å²) in [6.07, 6.45) is 2.71. The van der Waals surface area contributed by atoms with E-state index in [0.29, 0.717) is 94.6 Å². The van der Waals surface area contributed by atoms with Gasteiger partial charge < -0.3 is 24.3 Å². The van der Waals surface area contributed by atoms with Crippen molar-refractivity contribution in [1.29, 1.82) is 0 Å². The molecule has 2 aliphatic heterocycles. The minimum absolute atomic E-state index is 0.00460. The highest BCUT2D eigenvalue weighted by Crippen LogP contribution is 2.28. The SMILES string of the molecule is CC(C)(C)C(=O)n1nc(-c2cccc(=O)[nH]2)cc1CCc1ccc(Cl)s1.CC(C)(C)C(=O)n1nc(-c2cccc(=O)n2CC(=O)N2CCOCC2)cc1CCc1ccc(Cl)s1.O=C(CCl)N1CCOCC1. The zero-order valence-corrected chi connectivity index (χ0v) is 44.6. The fourth-order valence-electron chi connectivity index (χ4n) is 7.36. The van der Waals surface area contributed by atoms with Gasteiger partial charge in [-0.2, -0.15) is 10.2 Å². The first-order chi connectivity index (χ1) is 33.7. The number of aromatic amines is 1. The number of thiophene rings is 2. The average molecular weight is 1070 g/mol. The second-order valence-corrected chi connectivity index (χ2v) is 22.6. The molecule has 0 spiro atoms. The number of amides is 2. The molecule has 2 fully saturated rings. The van der Waals surface area contributed by atoms with Crippen LogP contribution in [0.25, 0.3) is 22.8 Å². The molecular formula is C50H59Cl3N8O8S2. The van der Waals surface area contributed by atoms with Crippen LogP contribution in [0.15, 0.2) is 82.4 Å². The van der Waals surface area contributed by atoms with Crippen molar-refractivity contribution in [1.82, 2.24) is 38.9 Å². The number of morpholine rings is 2. The zero-order valence-electron chi connectivity index (χ0n) is 40.7. The Hall–Kier alpha value is -5.21. The molecule has 1 N–H and O–H groups in total. The number of nitrogens with one attached hydrogen (secondary N) is 1. The number of hydrogen-bond acceptors (Lipinski definition) is 12. The van der Waals surface area contributed by atoms with Gasteiger partial charge in [-0.3, -0.25) is 33.3 Å². The molecule has 0 unspecified atom stereocenters. The Labute approximate surface area is 435 Å². The first kappa shape index (κ1) is 55.1. The molecule has 21 heteroatoms. The number of alkyl halides is 1. The maximum absolute atomic E-state index is 13.2. The van der Waals surface area contributed by atoms with Crippen molar-refractivity contribution in [2.75, 3.05) is 58.5 Å². The summed E-state index contributed by atoms with van der Waals surface area (Å²) in [5.74, 6) is -0.286. The van der Waals surface area contributed by atoms with E-state index >= 15 is 0 Å². The van der Waals surface area contributed by atoms with Gasteiger partial charge >= 0.3 is 0 Å². The molecule has 16 nitrogen and oxygen atoms in total. The third kappa shape index (κ3) is 15.4. The van der Waals surface area contributed by atoms with Crippen LogP contribution >= 0.6 is 57.5 Å². The zero-order chi connectivity index (χ0) is 51.5. The third-order valence-corrected chi connectivity index (χ3v) is 14.0. The lowest BCUT2D eigenvalue weighted by atomic mass is 9.95. The van der Waals surface area contributed by atoms with Gasteiger partial charge in [-0.15, -0.1) is 34.3 Å². The number of carbonyl (C=O) groups is 4. The molecule has 0 aromatic carbocycles. The van der Waals surface area contributed by atoms with Gasteiger partial charge in [-0.25, -0.2) is 9.36 Å². The Kier molecular flexibility index (Phi) is 19.4. The van der Waals surface area contributed by atoms with Crippen molar-refractivity contribution in [2.24, 2.45) is 10.8 Å². The van der Waals surface area contributed by atoms with Gasteiger partial charge in [0, 0.05) is 70.3 Å². The lowest BCUT2D eigenvalue weighted by Crippen LogP contribution is -2.43. The number of halogens is 3. The summed E-state index contributed by atoms with van der Waals surface area (Å²) in [5, 5.41) is 9.11. The van der Waals surface area contributed by atoms with Gasteiger partial charge in [0.15, 0.2) is 0 Å². The average Bonchev–Trinajstić information content (AvgIpc) is 4.17. The monoisotopic (exact) mass is 1070 g/mol. The molecular weight excluding hydrogens is 1010 g/mol. The largest absolute Gasteiger partial charge is 0.378 e. The van der Waals surface area contributed by atoms with Crippen LogP contribution < -0.4 is 11.1 Å². The Balaban J connectivity index is 0.000000200. The normalized spacial score (nSPS) is 14.0. The van der Waals surface area contributed by atoms with Gasteiger partial charge in [0.2, 0.25) is 17.4 Å². The highest BCUT2D eigenvalue weighted by atomic mass is 35.5. The standard InChI is InChI=1S/C25H29ClN4O4S.C19H20ClN3O2S.C6H10ClNO2/c1-25(2,3)24(33)30-17(7-8-18-9-10-21(26)35-18)15-19(27-30)20-5-4-6-22(31)29(20)16-23(32)28-11-13-34-14-12-28;1-19(2,3)18(25)23-12(7-8-13-9-10-16(20)26-13)11-15(22-23)14-5-4-6-17(24)21-14;7-5-6(9)8-1-3-10-4-2-8/h4-6,9-10,15H,7-8,11-14,16H2,1-3H3;4-6,9-11H,7-8H2,1-3H3,(H,21,24);1-5H2. The van der Waals surface area contributed by atoms with E-state index in [9.17, 15) is 28.8 Å². The van der Waals surface area contributed by atoms with E-state index in [0.717, 1.165) is 36.2 Å². The molecule has 8 heterocycles. The van der Waals surface area contributed by atoms with E-state index in [1.165, 1.54) is 48.7 Å². The molecule has 6 aromatic heterocycles. The van der Waals surface area contributed by atoms with Crippen molar-refractivity contribution >= 4 is 81.1 Å². The van der Waals surface area contributed by atoms with Gasteiger partial charge in [0.05, 0.1) is 46.5 Å². The smallest absolute Gasteiger partial charge is 0.252 e. The van der Waals surface area contributed by atoms with E-state index in [-0.39, 0.29) is 47.2 Å². The lowest BCUT2D eigenvalue weighted by Gasteiger charge is -2.27. The Morgan fingerprint density at radius 3 is 1.58 bits per heavy atom. The maximum Gasteiger partial charge on any atom is 0.252 e. The number of aryl methyl sites for hydroxylation is 4. The molecule has 6 aromatic rings. The van der Waals surface area contributed by atoms with E-state index in [1.54, 1.807) is 34.1 Å². The van der Waals surface area contributed by atoms with Crippen LogP contribution in [0, 0.1) is 10.8 Å². The molecule has 8 rings (SSSR count). The van der Waals surface area contributed by atoms with E-state index in [2.05, 4.69) is 15.2 Å². The van der Waals surface area contributed by atoms with E-state index in [4.69, 9.17) is 44.3 Å². The first-order valence-corrected chi connectivity index (χ1v) is 26.1. The number of aromatic nitrogens is 6. The second kappa shape index (κ2) is 25.0. The summed E-state index contributed by atoms with van der Waals surface area (Å²) in [6.45, 7) is 15.7. The molecule has 2 saturated heterocycles. The molecule has 0 bridgehead atoms. The maximum atomic E-state index is 13.2. The Morgan fingerprint density at radius 2 is 1.11 bits per heavy atom. The van der Waals surface area contributed by atoms with Crippen molar-refractivity contribution in [3.8, 4) is 22.8 Å². The highest BCUT2D eigenvalue weighted by Gasteiger charge is 2.29. The fourth-order valence-corrected chi connectivity index (χ4v) is 9.71. The third-order valence-electron chi connectivity index (χ3n) is 11.2. The quantitative estimate of drug-likeness (QED) is 0.124. The number of pyridine rings is 2. The molecule has 0 aliphatic carbocycles. The van der Waals surface area contributed by atoms with Gasteiger partial charge in [-0.1, -0.05) is 76.9 Å². The van der Waals surface area contributed by atoms with E-state index in [1.807, 2.05) is 77.9 Å². The Morgan fingerprint density at radius 1 is 0.634 bits per heavy atom. The summed E-state index contributed by atoms with van der Waals surface area (Å²) < 4.78 is 16.2. The Bertz CT molecular complexity index is 2910. The fraction of sp³-hybridized carbons (Fsp3) is 0.440. The van der Waals surface area contributed by atoms with Crippen LogP contribution in [0.5, 0.6) is 0 Å². The molecule has 2 aliphatic rings. The van der Waals surface area contributed by atoms with Gasteiger partial charge in [0.1, 0.15) is 23.8 Å². The number of H-pyrrole nitrogens is 1. The molecule has 0 atom stereocenters. The van der Waals surface area contributed by atoms with Crippen LogP contribution in [-0.4, -0.2) is 121 Å². The van der Waals surface area contributed by atoms with E-state index < -0.39 is 10.8 Å². The summed E-state index contributed by atoms with van der Waals surface area (Å²) in [6, 6.07) is 21.1. The van der Waals surface area contributed by atoms with Crippen LogP contribution in [0.2, 0.25) is 8.67 Å². The number of carbonyl (C=O) groups excluding carboxylic acids is 4. The van der Waals surface area contributed by atoms with Crippen LogP contribution in [-0.2, 0) is 51.3 Å². The summed E-state index contributed by atoms with van der Waals surface area (Å²) >= 11 is 20.5. The lowest BCUT2D eigenvalue weighted by molar-refractivity contribution is -0.136. The van der Waals surface area contributed by atoms with Crippen LogP contribution in [0.4, 0.5) is 0 Å². The van der Waals surface area contributed by atoms with Gasteiger partial charge in [-0.05, 0) is 74.2 Å². The molecule has 71 heavy (non-hydrogen) atoms. The molecule has 0 saturated carbocycles. The predicted octanol–water partition coefficient (Wildman–Crippen LogP) is 8.27. The molecule has 0 radical (unpaired) electrons. The molecule has 2 amide bonds. The van der Waals surface area contributed by atoms with Gasteiger partial charge in [0.25, 0.3) is 17.4 Å². The van der Waals surface area contributed by atoms with Crippen molar-refractivity contribution in [3.05, 3.63) is 123 Å². The number of hydrogen-bond donors (Lipinski definition) is 1. The minimum atomic E-state index is -0.646. The summed E-state index contributed by atoms with van der Waals surface area (Å²) in [4.78, 5) is 82.7. The first-order valence-electron chi connectivity index (χ1n) is 23.1. The topological polar surface area (TPSA) is 184 Å². The number of ether oxygens (including phenoxy) is 2. The highest BCUT2D eigenvalue weighted by molar-refractivity contribution is 7.16. The van der Waals surface area contributed by atoms with Crippen LogP contribution in [0.3, 0.4) is 0 Å². The minimum Gasteiger partial charge on any atom is -0.378 e.